The normalized spacial score (nSPS) is 20.8. The molecule has 0 spiro atoms. The second-order valence-corrected chi connectivity index (χ2v) is 4.26. The van der Waals surface area contributed by atoms with E-state index in [-0.39, 0.29) is 17.9 Å². The molecule has 1 heterocycles. The number of amides is 2. The Bertz CT molecular complexity index is 253. The summed E-state index contributed by atoms with van der Waals surface area (Å²) >= 11 is 0. The molecule has 0 bridgehead atoms. The first-order chi connectivity index (χ1) is 7.70. The van der Waals surface area contributed by atoms with Gasteiger partial charge in [-0.1, -0.05) is 26.7 Å². The number of hydrogen-bond donors (Lipinski definition) is 1. The summed E-state index contributed by atoms with van der Waals surface area (Å²) in [5, 5.41) is 2.80. The second-order valence-electron chi connectivity index (χ2n) is 4.26. The van der Waals surface area contributed by atoms with Gasteiger partial charge in [0.1, 0.15) is 6.04 Å². The first-order valence-corrected chi connectivity index (χ1v) is 6.27. The first kappa shape index (κ1) is 13.0. The lowest BCUT2D eigenvalue weighted by atomic mass is 10.1. The highest BCUT2D eigenvalue weighted by Gasteiger charge is 2.30. The predicted octanol–water partition coefficient (Wildman–Crippen LogP) is 1.30. The van der Waals surface area contributed by atoms with Crippen LogP contribution in [0.15, 0.2) is 0 Å². The van der Waals surface area contributed by atoms with Crippen molar-refractivity contribution in [3.8, 4) is 0 Å². The van der Waals surface area contributed by atoms with Gasteiger partial charge in [0.2, 0.25) is 11.8 Å². The van der Waals surface area contributed by atoms with Crippen molar-refractivity contribution in [2.24, 2.45) is 0 Å². The van der Waals surface area contributed by atoms with Gasteiger partial charge in [-0.2, -0.15) is 0 Å². The lowest BCUT2D eigenvalue weighted by molar-refractivity contribution is -0.143. The van der Waals surface area contributed by atoms with Crippen LogP contribution in [0, 0.1) is 0 Å². The highest BCUT2D eigenvalue weighted by molar-refractivity contribution is 5.88. The number of hydrogen-bond acceptors (Lipinski definition) is 2. The van der Waals surface area contributed by atoms with E-state index in [4.69, 9.17) is 0 Å². The Hall–Kier alpha value is -1.06. The van der Waals surface area contributed by atoms with Gasteiger partial charge in [0.25, 0.3) is 0 Å². The van der Waals surface area contributed by atoms with Crippen molar-refractivity contribution in [1.29, 1.82) is 0 Å². The van der Waals surface area contributed by atoms with Crippen LogP contribution in [0.5, 0.6) is 0 Å². The summed E-state index contributed by atoms with van der Waals surface area (Å²) in [7, 11) is 0. The van der Waals surface area contributed by atoms with E-state index in [1.807, 2.05) is 6.92 Å². The first-order valence-electron chi connectivity index (χ1n) is 6.27. The van der Waals surface area contributed by atoms with Gasteiger partial charge in [-0.05, 0) is 12.8 Å². The maximum Gasteiger partial charge on any atom is 0.242 e. The number of nitrogens with one attached hydrogen (secondary N) is 1. The molecule has 4 nitrogen and oxygen atoms in total. The Morgan fingerprint density at radius 1 is 1.44 bits per heavy atom. The number of rotatable bonds is 5. The lowest BCUT2D eigenvalue weighted by Gasteiger charge is -2.34. The molecule has 1 aliphatic rings. The van der Waals surface area contributed by atoms with Crippen LogP contribution in [0.2, 0.25) is 0 Å². The maximum atomic E-state index is 11.9. The van der Waals surface area contributed by atoms with Crippen molar-refractivity contribution in [2.75, 3.05) is 13.1 Å². The Labute approximate surface area is 97.4 Å². The molecule has 2 amide bonds. The molecule has 1 atom stereocenters. The zero-order valence-electron chi connectivity index (χ0n) is 10.3. The molecule has 1 aliphatic heterocycles. The Kier molecular flexibility index (Phi) is 5.29. The molecule has 4 heteroatoms. The van der Waals surface area contributed by atoms with E-state index in [0.29, 0.717) is 25.9 Å². The number of carbonyl (C=O) groups is 2. The van der Waals surface area contributed by atoms with Crippen LogP contribution in [0.3, 0.4) is 0 Å². The summed E-state index contributed by atoms with van der Waals surface area (Å²) in [6, 6.07) is -0.247. The van der Waals surface area contributed by atoms with E-state index in [2.05, 4.69) is 12.2 Å². The maximum absolute atomic E-state index is 11.9. The minimum Gasteiger partial charge on any atom is -0.353 e. The van der Waals surface area contributed by atoms with Crippen LogP contribution in [0.25, 0.3) is 0 Å². The van der Waals surface area contributed by atoms with E-state index in [9.17, 15) is 9.59 Å². The molecule has 0 aromatic carbocycles. The van der Waals surface area contributed by atoms with Crippen LogP contribution in [0.4, 0.5) is 0 Å². The van der Waals surface area contributed by atoms with Crippen LogP contribution in [0.1, 0.15) is 46.0 Å². The summed E-state index contributed by atoms with van der Waals surface area (Å²) in [6.45, 7) is 5.32. The highest BCUT2D eigenvalue weighted by atomic mass is 16.2. The van der Waals surface area contributed by atoms with Gasteiger partial charge in [-0.3, -0.25) is 9.59 Å². The van der Waals surface area contributed by atoms with Crippen molar-refractivity contribution in [3.05, 3.63) is 0 Å². The molecule has 0 aromatic heterocycles. The van der Waals surface area contributed by atoms with E-state index in [1.54, 1.807) is 4.90 Å². The minimum absolute atomic E-state index is 0.00223. The average molecular weight is 226 g/mol. The van der Waals surface area contributed by atoms with Gasteiger partial charge in [-0.15, -0.1) is 0 Å². The van der Waals surface area contributed by atoms with Crippen molar-refractivity contribution < 1.29 is 9.59 Å². The second kappa shape index (κ2) is 6.51. The third kappa shape index (κ3) is 3.22. The molecule has 16 heavy (non-hydrogen) atoms. The third-order valence-electron chi connectivity index (χ3n) is 3.03. The topological polar surface area (TPSA) is 49.4 Å². The van der Waals surface area contributed by atoms with Gasteiger partial charge in [-0.25, -0.2) is 0 Å². The third-order valence-corrected chi connectivity index (χ3v) is 3.03. The van der Waals surface area contributed by atoms with Gasteiger partial charge < -0.3 is 10.2 Å². The Morgan fingerprint density at radius 3 is 2.81 bits per heavy atom. The molecule has 0 radical (unpaired) electrons. The number of piperazine rings is 1. The van der Waals surface area contributed by atoms with Crippen molar-refractivity contribution in [3.63, 3.8) is 0 Å². The SMILES string of the molecule is CCCCCC(=O)N1CCNC(=O)C1CC. The van der Waals surface area contributed by atoms with Gasteiger partial charge in [0.15, 0.2) is 0 Å². The molecular formula is C12H22N2O2. The molecule has 1 fully saturated rings. The van der Waals surface area contributed by atoms with Crippen molar-refractivity contribution in [1.82, 2.24) is 10.2 Å². The van der Waals surface area contributed by atoms with Crippen molar-refractivity contribution >= 4 is 11.8 Å². The number of nitrogens with zero attached hydrogens (tertiary/aromatic N) is 1. The predicted molar refractivity (Wildman–Crippen MR) is 62.9 cm³/mol. The molecule has 1 N–H and O–H groups in total. The van der Waals surface area contributed by atoms with Crippen LogP contribution >= 0.6 is 0 Å². The number of unbranched alkanes of at least 4 members (excludes halogenated alkanes) is 2. The summed E-state index contributed by atoms with van der Waals surface area (Å²) < 4.78 is 0. The highest BCUT2D eigenvalue weighted by Crippen LogP contribution is 2.12. The van der Waals surface area contributed by atoms with Crippen LogP contribution in [-0.4, -0.2) is 35.8 Å². The average Bonchev–Trinajstić information content (AvgIpc) is 2.29. The molecule has 1 rings (SSSR count). The van der Waals surface area contributed by atoms with E-state index >= 15 is 0 Å². The fraction of sp³-hybridized carbons (Fsp3) is 0.833. The van der Waals surface area contributed by atoms with E-state index < -0.39 is 0 Å². The summed E-state index contributed by atoms with van der Waals surface area (Å²) in [4.78, 5) is 25.2. The zero-order chi connectivity index (χ0) is 12.0. The summed E-state index contributed by atoms with van der Waals surface area (Å²) in [5.41, 5.74) is 0. The number of carbonyl (C=O) groups excluding carboxylic acids is 2. The quantitative estimate of drug-likeness (QED) is 0.718. The largest absolute Gasteiger partial charge is 0.353 e. The summed E-state index contributed by atoms with van der Waals surface area (Å²) in [5.74, 6) is 0.132. The smallest absolute Gasteiger partial charge is 0.242 e. The van der Waals surface area contributed by atoms with E-state index in [1.165, 1.54) is 0 Å². The van der Waals surface area contributed by atoms with Crippen molar-refractivity contribution in [2.45, 2.75) is 52.0 Å². The van der Waals surface area contributed by atoms with E-state index in [0.717, 1.165) is 19.3 Å². The standard InChI is InChI=1S/C12H22N2O2/c1-3-5-6-7-11(15)14-9-8-13-12(16)10(14)4-2/h10H,3-9H2,1-2H3,(H,13,16). The zero-order valence-corrected chi connectivity index (χ0v) is 10.3. The fourth-order valence-corrected chi connectivity index (χ4v) is 2.09. The fourth-order valence-electron chi connectivity index (χ4n) is 2.09. The van der Waals surface area contributed by atoms with Gasteiger partial charge in [0, 0.05) is 19.5 Å². The van der Waals surface area contributed by atoms with Crippen LogP contribution < -0.4 is 5.32 Å². The molecule has 1 unspecified atom stereocenters. The monoisotopic (exact) mass is 226 g/mol. The minimum atomic E-state index is -0.247. The molecular weight excluding hydrogens is 204 g/mol. The Morgan fingerprint density at radius 2 is 2.19 bits per heavy atom. The summed E-state index contributed by atoms with van der Waals surface area (Å²) in [6.07, 6.45) is 4.42. The Balaban J connectivity index is 2.48. The molecule has 1 saturated heterocycles. The van der Waals surface area contributed by atoms with Gasteiger partial charge >= 0.3 is 0 Å². The molecule has 0 aromatic rings. The molecule has 0 aliphatic carbocycles. The lowest BCUT2D eigenvalue weighted by Crippen LogP contribution is -2.56. The molecule has 0 saturated carbocycles. The van der Waals surface area contributed by atoms with Crippen LogP contribution in [-0.2, 0) is 9.59 Å². The molecule has 92 valence electrons. The van der Waals surface area contributed by atoms with Gasteiger partial charge in [0.05, 0.1) is 0 Å².